The Kier molecular flexibility index (Phi) is 6.14. The monoisotopic (exact) mass is 295 g/mol. The third kappa shape index (κ3) is 4.18. The average molecular weight is 295 g/mol. The van der Waals surface area contributed by atoms with E-state index in [1.165, 1.54) is 0 Å². The predicted molar refractivity (Wildman–Crippen MR) is 76.3 cm³/mol. The molecule has 0 aromatic rings. The summed E-state index contributed by atoms with van der Waals surface area (Å²) < 4.78 is 4.49. The van der Waals surface area contributed by atoms with Crippen molar-refractivity contribution in [3.63, 3.8) is 0 Å². The Hall–Kier alpha value is -2.11. The van der Waals surface area contributed by atoms with Gasteiger partial charge >= 0.3 is 11.9 Å². The molecule has 0 spiro atoms. The van der Waals surface area contributed by atoms with Gasteiger partial charge in [-0.2, -0.15) is 0 Å². The first-order valence-corrected chi connectivity index (χ1v) is 7.05. The first-order chi connectivity index (χ1) is 9.90. The third-order valence-electron chi connectivity index (χ3n) is 3.21. The van der Waals surface area contributed by atoms with Crippen LogP contribution in [0.3, 0.4) is 0 Å². The number of rotatable bonds is 7. The first-order valence-electron chi connectivity index (χ1n) is 7.05. The SMILES string of the molecule is CCCCCCN/C(C)=C1\C(=O)OC(=O)C(C(C)=O)=C1O. The second-order valence-electron chi connectivity index (χ2n) is 4.94. The van der Waals surface area contributed by atoms with Gasteiger partial charge in [0, 0.05) is 12.2 Å². The molecule has 1 heterocycles. The quantitative estimate of drug-likeness (QED) is 0.245. The number of esters is 2. The zero-order valence-corrected chi connectivity index (χ0v) is 12.6. The minimum atomic E-state index is -1.11. The fourth-order valence-corrected chi connectivity index (χ4v) is 2.06. The van der Waals surface area contributed by atoms with Gasteiger partial charge in [0.05, 0.1) is 0 Å². The number of hydrogen-bond donors (Lipinski definition) is 2. The van der Waals surface area contributed by atoms with Gasteiger partial charge in [0.25, 0.3) is 0 Å². The van der Waals surface area contributed by atoms with Crippen molar-refractivity contribution in [3.8, 4) is 0 Å². The molecule has 0 aliphatic carbocycles. The van der Waals surface area contributed by atoms with E-state index < -0.39 is 29.1 Å². The molecule has 1 rings (SSSR count). The maximum atomic E-state index is 11.7. The number of ketones is 1. The van der Waals surface area contributed by atoms with Crippen LogP contribution in [-0.2, 0) is 19.1 Å². The van der Waals surface area contributed by atoms with Gasteiger partial charge in [0.15, 0.2) is 5.78 Å². The van der Waals surface area contributed by atoms with E-state index in [1.807, 2.05) is 0 Å². The highest BCUT2D eigenvalue weighted by atomic mass is 16.6. The molecule has 21 heavy (non-hydrogen) atoms. The highest BCUT2D eigenvalue weighted by Gasteiger charge is 2.36. The van der Waals surface area contributed by atoms with E-state index >= 15 is 0 Å². The second kappa shape index (κ2) is 7.61. The highest BCUT2D eigenvalue weighted by molar-refractivity contribution is 6.23. The van der Waals surface area contributed by atoms with Gasteiger partial charge in [0.1, 0.15) is 16.9 Å². The second-order valence-corrected chi connectivity index (χ2v) is 4.94. The summed E-state index contributed by atoms with van der Waals surface area (Å²) in [5, 5.41) is 13.0. The van der Waals surface area contributed by atoms with E-state index in [9.17, 15) is 19.5 Å². The Balaban J connectivity index is 2.91. The molecule has 6 heteroatoms. The zero-order valence-electron chi connectivity index (χ0n) is 12.6. The number of Topliss-reactive ketones (excluding diaryl/α,β-unsaturated/α-hetero) is 1. The van der Waals surface area contributed by atoms with E-state index in [2.05, 4.69) is 17.0 Å². The molecule has 1 aliphatic heterocycles. The summed E-state index contributed by atoms with van der Waals surface area (Å²) in [7, 11) is 0. The predicted octanol–water partition coefficient (Wildman–Crippen LogP) is 1.91. The van der Waals surface area contributed by atoms with E-state index in [0.29, 0.717) is 12.2 Å². The van der Waals surface area contributed by atoms with E-state index in [1.54, 1.807) is 6.92 Å². The van der Waals surface area contributed by atoms with Crippen LogP contribution < -0.4 is 5.32 Å². The Morgan fingerprint density at radius 2 is 1.81 bits per heavy atom. The molecule has 0 amide bonds. The lowest BCUT2D eigenvalue weighted by molar-refractivity contribution is -0.155. The summed E-state index contributed by atoms with van der Waals surface area (Å²) >= 11 is 0. The van der Waals surface area contributed by atoms with Crippen molar-refractivity contribution in [3.05, 3.63) is 22.6 Å². The number of carbonyl (C=O) groups excluding carboxylic acids is 3. The number of allylic oxidation sites excluding steroid dienone is 1. The summed E-state index contributed by atoms with van der Waals surface area (Å²) in [6, 6.07) is 0. The minimum absolute atomic E-state index is 0.157. The van der Waals surface area contributed by atoms with Crippen LogP contribution in [0.4, 0.5) is 0 Å². The van der Waals surface area contributed by atoms with Crippen LogP contribution in [0.1, 0.15) is 46.5 Å². The lowest BCUT2D eigenvalue weighted by Crippen LogP contribution is -2.30. The van der Waals surface area contributed by atoms with Crippen molar-refractivity contribution < 1.29 is 24.2 Å². The maximum Gasteiger partial charge on any atom is 0.353 e. The molecule has 0 aromatic heterocycles. The number of aliphatic hydroxyl groups is 1. The van der Waals surface area contributed by atoms with Gasteiger partial charge in [-0.3, -0.25) is 4.79 Å². The fourth-order valence-electron chi connectivity index (χ4n) is 2.06. The molecule has 1 aliphatic rings. The Bertz CT molecular complexity index is 516. The molecule has 0 atom stereocenters. The van der Waals surface area contributed by atoms with Crippen LogP contribution in [0.25, 0.3) is 0 Å². The molecule has 0 saturated heterocycles. The zero-order chi connectivity index (χ0) is 16.0. The van der Waals surface area contributed by atoms with Crippen LogP contribution in [0, 0.1) is 0 Å². The number of aliphatic hydroxyl groups excluding tert-OH is 1. The molecule has 116 valence electrons. The van der Waals surface area contributed by atoms with Crippen molar-refractivity contribution in [1.29, 1.82) is 0 Å². The van der Waals surface area contributed by atoms with Gasteiger partial charge in [-0.25, -0.2) is 9.59 Å². The summed E-state index contributed by atoms with van der Waals surface area (Å²) in [6.45, 7) is 5.48. The standard InChI is InChI=1S/C15H21NO5/c1-4-5-6-7-8-16-9(2)11-13(18)12(10(3)17)15(20)21-14(11)19/h16,18H,4-8H2,1-3H3/b11-9-. The molecule has 0 bridgehead atoms. The molecular weight excluding hydrogens is 274 g/mol. The average Bonchev–Trinajstić information content (AvgIpc) is 2.37. The summed E-state index contributed by atoms with van der Waals surface area (Å²) in [4.78, 5) is 34.5. The lowest BCUT2D eigenvalue weighted by atomic mass is 10.0. The van der Waals surface area contributed by atoms with Crippen LogP contribution in [0.2, 0.25) is 0 Å². The van der Waals surface area contributed by atoms with Crippen molar-refractivity contribution >= 4 is 17.7 Å². The molecule has 0 fully saturated rings. The number of nitrogens with one attached hydrogen (secondary N) is 1. The normalized spacial score (nSPS) is 17.7. The number of hydrogen-bond acceptors (Lipinski definition) is 6. The topological polar surface area (TPSA) is 92.7 Å². The molecule has 2 N–H and O–H groups in total. The molecule has 0 radical (unpaired) electrons. The van der Waals surface area contributed by atoms with Crippen LogP contribution in [0.5, 0.6) is 0 Å². The Morgan fingerprint density at radius 1 is 1.14 bits per heavy atom. The van der Waals surface area contributed by atoms with Gasteiger partial charge in [-0.15, -0.1) is 0 Å². The summed E-state index contributed by atoms with van der Waals surface area (Å²) in [6.07, 6.45) is 4.25. The Labute approximate surface area is 123 Å². The minimum Gasteiger partial charge on any atom is -0.506 e. The maximum absolute atomic E-state index is 11.7. The number of carbonyl (C=O) groups is 3. The number of ether oxygens (including phenoxy) is 1. The largest absolute Gasteiger partial charge is 0.506 e. The van der Waals surface area contributed by atoms with Crippen LogP contribution in [-0.4, -0.2) is 29.4 Å². The van der Waals surface area contributed by atoms with Gasteiger partial charge in [-0.1, -0.05) is 26.2 Å². The summed E-state index contributed by atoms with van der Waals surface area (Å²) in [5.74, 6) is -3.30. The molecule has 0 saturated carbocycles. The fraction of sp³-hybridized carbons (Fsp3) is 0.533. The third-order valence-corrected chi connectivity index (χ3v) is 3.21. The number of cyclic esters (lactones) is 2. The molecule has 0 aromatic carbocycles. The van der Waals surface area contributed by atoms with Crippen molar-refractivity contribution in [1.82, 2.24) is 5.32 Å². The lowest BCUT2D eigenvalue weighted by Gasteiger charge is -2.18. The number of unbranched alkanes of at least 4 members (excludes halogenated alkanes) is 3. The smallest absolute Gasteiger partial charge is 0.353 e. The molecule has 6 nitrogen and oxygen atoms in total. The van der Waals surface area contributed by atoms with Crippen molar-refractivity contribution in [2.45, 2.75) is 46.5 Å². The van der Waals surface area contributed by atoms with Gasteiger partial charge in [0.2, 0.25) is 0 Å². The highest BCUT2D eigenvalue weighted by Crippen LogP contribution is 2.24. The van der Waals surface area contributed by atoms with E-state index in [-0.39, 0.29) is 5.57 Å². The molecule has 0 unspecified atom stereocenters. The first kappa shape index (κ1) is 16.9. The van der Waals surface area contributed by atoms with Crippen molar-refractivity contribution in [2.75, 3.05) is 6.54 Å². The van der Waals surface area contributed by atoms with E-state index in [4.69, 9.17) is 0 Å². The Morgan fingerprint density at radius 3 is 2.38 bits per heavy atom. The van der Waals surface area contributed by atoms with Gasteiger partial charge < -0.3 is 15.2 Å². The van der Waals surface area contributed by atoms with Gasteiger partial charge in [-0.05, 0) is 20.3 Å². The van der Waals surface area contributed by atoms with Crippen LogP contribution >= 0.6 is 0 Å². The van der Waals surface area contributed by atoms with Crippen molar-refractivity contribution in [2.24, 2.45) is 0 Å². The molecular formula is C15H21NO5. The van der Waals surface area contributed by atoms with Crippen LogP contribution in [0.15, 0.2) is 22.6 Å². The summed E-state index contributed by atoms with van der Waals surface area (Å²) in [5.41, 5.74) is -0.257. The van der Waals surface area contributed by atoms with E-state index in [0.717, 1.165) is 32.6 Å².